The molecule has 21 heavy (non-hydrogen) atoms. The quantitative estimate of drug-likeness (QED) is 0.883. The van der Waals surface area contributed by atoms with Gasteiger partial charge in [0.2, 0.25) is 0 Å². The van der Waals surface area contributed by atoms with E-state index in [9.17, 15) is 4.79 Å². The third kappa shape index (κ3) is 3.70. The van der Waals surface area contributed by atoms with Crippen LogP contribution in [0.25, 0.3) is 11.4 Å². The van der Waals surface area contributed by atoms with Crippen molar-refractivity contribution in [2.24, 2.45) is 0 Å². The summed E-state index contributed by atoms with van der Waals surface area (Å²) in [6.45, 7) is 5.65. The van der Waals surface area contributed by atoms with Crippen molar-refractivity contribution in [3.8, 4) is 17.1 Å². The number of aryl methyl sites for hydroxylation is 1. The Morgan fingerprint density at radius 3 is 2.48 bits per heavy atom. The van der Waals surface area contributed by atoms with Crippen molar-refractivity contribution in [3.63, 3.8) is 0 Å². The molecule has 1 aromatic carbocycles. The molecule has 0 fully saturated rings. The Hall–Kier alpha value is -2.14. The van der Waals surface area contributed by atoms with E-state index in [-0.39, 0.29) is 18.3 Å². The van der Waals surface area contributed by atoms with E-state index in [1.165, 1.54) is 0 Å². The molecule has 1 heterocycles. The van der Waals surface area contributed by atoms with Gasteiger partial charge in [-0.3, -0.25) is 4.79 Å². The van der Waals surface area contributed by atoms with E-state index in [2.05, 4.69) is 9.97 Å². The van der Waals surface area contributed by atoms with E-state index < -0.39 is 0 Å². The molecule has 0 bridgehead atoms. The number of nitrogens with zero attached hydrogens (tertiary/aromatic N) is 1. The van der Waals surface area contributed by atoms with Gasteiger partial charge in [-0.05, 0) is 45.0 Å². The largest absolute Gasteiger partial charge is 0.491 e. The van der Waals surface area contributed by atoms with Gasteiger partial charge < -0.3 is 14.8 Å². The summed E-state index contributed by atoms with van der Waals surface area (Å²) in [5.41, 5.74) is 1.79. The topological polar surface area (TPSA) is 75.2 Å². The Labute approximate surface area is 123 Å². The molecule has 5 heteroatoms. The average Bonchev–Trinajstić information content (AvgIpc) is 2.43. The van der Waals surface area contributed by atoms with Gasteiger partial charge in [-0.1, -0.05) is 0 Å². The molecule has 0 saturated carbocycles. The van der Waals surface area contributed by atoms with Crippen molar-refractivity contribution in [1.29, 1.82) is 0 Å². The first-order valence-corrected chi connectivity index (χ1v) is 6.99. The lowest BCUT2D eigenvalue weighted by atomic mass is 10.1. The zero-order chi connectivity index (χ0) is 15.4. The normalized spacial score (nSPS) is 10.9. The van der Waals surface area contributed by atoms with Crippen LogP contribution in [0.15, 0.2) is 29.1 Å². The monoisotopic (exact) mass is 288 g/mol. The summed E-state index contributed by atoms with van der Waals surface area (Å²) in [5, 5.41) is 8.96. The first-order chi connectivity index (χ1) is 10.0. The van der Waals surface area contributed by atoms with Crippen LogP contribution in [0.4, 0.5) is 0 Å². The number of hydrogen-bond donors (Lipinski definition) is 2. The van der Waals surface area contributed by atoms with Crippen LogP contribution in [0.5, 0.6) is 5.75 Å². The fraction of sp³-hybridized carbons (Fsp3) is 0.375. The van der Waals surface area contributed by atoms with E-state index in [0.717, 1.165) is 11.3 Å². The van der Waals surface area contributed by atoms with Gasteiger partial charge in [0.1, 0.15) is 11.6 Å². The van der Waals surface area contributed by atoms with Crippen molar-refractivity contribution < 1.29 is 9.84 Å². The summed E-state index contributed by atoms with van der Waals surface area (Å²) >= 11 is 0. The Bertz CT molecular complexity index is 660. The second kappa shape index (κ2) is 6.54. The predicted octanol–water partition coefficient (Wildman–Crippen LogP) is 2.07. The van der Waals surface area contributed by atoms with Crippen LogP contribution in [-0.4, -0.2) is 27.8 Å². The molecule has 0 radical (unpaired) electrons. The molecule has 5 nitrogen and oxygen atoms in total. The number of aromatic nitrogens is 2. The minimum atomic E-state index is -0.200. The van der Waals surface area contributed by atoms with Gasteiger partial charge in [-0.2, -0.15) is 0 Å². The Morgan fingerprint density at radius 1 is 1.29 bits per heavy atom. The molecule has 0 aliphatic rings. The first-order valence-electron chi connectivity index (χ1n) is 6.99. The number of benzene rings is 1. The summed E-state index contributed by atoms with van der Waals surface area (Å²) in [6, 6.07) is 7.43. The van der Waals surface area contributed by atoms with E-state index in [0.29, 0.717) is 23.5 Å². The third-order valence-corrected chi connectivity index (χ3v) is 3.08. The highest BCUT2D eigenvalue weighted by atomic mass is 16.5. The molecule has 2 aromatic rings. The second-order valence-electron chi connectivity index (χ2n) is 5.14. The average molecular weight is 288 g/mol. The van der Waals surface area contributed by atoms with Gasteiger partial charge in [0, 0.05) is 29.8 Å². The summed E-state index contributed by atoms with van der Waals surface area (Å²) < 4.78 is 5.58. The Kier molecular flexibility index (Phi) is 4.75. The maximum Gasteiger partial charge on any atom is 0.254 e. The highest BCUT2D eigenvalue weighted by Gasteiger charge is 2.09. The van der Waals surface area contributed by atoms with E-state index in [4.69, 9.17) is 9.84 Å². The van der Waals surface area contributed by atoms with Crippen molar-refractivity contribution in [2.75, 3.05) is 6.61 Å². The highest BCUT2D eigenvalue weighted by Crippen LogP contribution is 2.20. The highest BCUT2D eigenvalue weighted by molar-refractivity contribution is 5.56. The summed E-state index contributed by atoms with van der Waals surface area (Å²) in [5.74, 6) is 1.31. The van der Waals surface area contributed by atoms with Gasteiger partial charge in [-0.15, -0.1) is 0 Å². The minimum Gasteiger partial charge on any atom is -0.491 e. The molecule has 112 valence electrons. The van der Waals surface area contributed by atoms with Crippen LogP contribution in [0.2, 0.25) is 0 Å². The van der Waals surface area contributed by atoms with Gasteiger partial charge in [0.25, 0.3) is 5.56 Å². The van der Waals surface area contributed by atoms with Gasteiger partial charge in [0.15, 0.2) is 0 Å². The van der Waals surface area contributed by atoms with Crippen molar-refractivity contribution >= 4 is 0 Å². The lowest BCUT2D eigenvalue weighted by molar-refractivity contribution is 0.242. The SMILES string of the molecule is Cc1nc(-c2ccc(OC(C)C)cc2)[nH]c(=O)c1CCO. The standard InChI is InChI=1S/C16H20N2O3/c1-10(2)21-13-6-4-12(5-7-13)15-17-11(3)14(8-9-19)16(20)18-15/h4-7,10,19H,8-9H2,1-3H3,(H,17,18,20). The van der Waals surface area contributed by atoms with Gasteiger partial charge >= 0.3 is 0 Å². The van der Waals surface area contributed by atoms with Crippen molar-refractivity contribution in [3.05, 3.63) is 45.9 Å². The third-order valence-electron chi connectivity index (χ3n) is 3.08. The summed E-state index contributed by atoms with van der Waals surface area (Å²) in [6.07, 6.45) is 0.434. The number of nitrogens with one attached hydrogen (secondary N) is 1. The van der Waals surface area contributed by atoms with E-state index >= 15 is 0 Å². The molecule has 0 spiro atoms. The van der Waals surface area contributed by atoms with Crippen LogP contribution >= 0.6 is 0 Å². The molecule has 1 aromatic heterocycles. The molecular formula is C16H20N2O3. The fourth-order valence-electron chi connectivity index (χ4n) is 2.12. The number of rotatable bonds is 5. The van der Waals surface area contributed by atoms with E-state index in [1.807, 2.05) is 38.1 Å². The number of aromatic amines is 1. The maximum atomic E-state index is 12.0. The number of aliphatic hydroxyl groups is 1. The lowest BCUT2D eigenvalue weighted by Crippen LogP contribution is -2.18. The molecule has 2 N–H and O–H groups in total. The zero-order valence-corrected chi connectivity index (χ0v) is 12.5. The molecule has 0 saturated heterocycles. The van der Waals surface area contributed by atoms with Crippen LogP contribution in [0, 0.1) is 6.92 Å². The first kappa shape index (κ1) is 15.3. The fourth-order valence-corrected chi connectivity index (χ4v) is 2.12. The van der Waals surface area contributed by atoms with Crippen molar-refractivity contribution in [2.45, 2.75) is 33.3 Å². The minimum absolute atomic E-state index is 0.0633. The zero-order valence-electron chi connectivity index (χ0n) is 12.5. The molecule has 0 atom stereocenters. The predicted molar refractivity (Wildman–Crippen MR) is 81.6 cm³/mol. The summed E-state index contributed by atoms with van der Waals surface area (Å²) in [7, 11) is 0. The number of hydrogen-bond acceptors (Lipinski definition) is 4. The molecular weight excluding hydrogens is 268 g/mol. The number of ether oxygens (including phenoxy) is 1. The molecule has 0 aliphatic carbocycles. The Morgan fingerprint density at radius 2 is 1.95 bits per heavy atom. The van der Waals surface area contributed by atoms with Crippen LogP contribution in [0.1, 0.15) is 25.1 Å². The van der Waals surface area contributed by atoms with E-state index in [1.54, 1.807) is 6.92 Å². The molecule has 2 rings (SSSR count). The van der Waals surface area contributed by atoms with Gasteiger partial charge in [0.05, 0.1) is 6.10 Å². The van der Waals surface area contributed by atoms with Crippen LogP contribution in [-0.2, 0) is 6.42 Å². The number of H-pyrrole nitrogens is 1. The smallest absolute Gasteiger partial charge is 0.254 e. The van der Waals surface area contributed by atoms with Crippen LogP contribution < -0.4 is 10.3 Å². The molecule has 0 unspecified atom stereocenters. The lowest BCUT2D eigenvalue weighted by Gasteiger charge is -2.10. The Balaban J connectivity index is 2.32. The van der Waals surface area contributed by atoms with Gasteiger partial charge in [-0.25, -0.2) is 4.98 Å². The van der Waals surface area contributed by atoms with Crippen molar-refractivity contribution in [1.82, 2.24) is 9.97 Å². The number of aliphatic hydroxyl groups excluding tert-OH is 1. The second-order valence-corrected chi connectivity index (χ2v) is 5.14. The summed E-state index contributed by atoms with van der Waals surface area (Å²) in [4.78, 5) is 19.2. The molecule has 0 amide bonds. The maximum absolute atomic E-state index is 12.0. The van der Waals surface area contributed by atoms with Crippen LogP contribution in [0.3, 0.4) is 0 Å². The molecule has 0 aliphatic heterocycles.